The van der Waals surface area contributed by atoms with E-state index in [1.165, 1.54) is 0 Å². The minimum Gasteiger partial charge on any atom is -0.204 e. The van der Waals surface area contributed by atoms with Gasteiger partial charge in [-0.3, -0.25) is 0 Å². The molecule has 0 saturated carbocycles. The van der Waals surface area contributed by atoms with Crippen LogP contribution in [-0.4, -0.2) is 8.80 Å². The molecule has 1 aromatic carbocycles. The zero-order valence-electron chi connectivity index (χ0n) is 6.49. The molecule has 0 amide bonds. The molecule has 0 aromatic heterocycles. The fourth-order valence-corrected chi connectivity index (χ4v) is 1.88. The minimum atomic E-state index is -0.879. The van der Waals surface area contributed by atoms with Crippen LogP contribution in [0.2, 0.25) is 13.1 Å². The lowest BCUT2D eigenvalue weighted by Gasteiger charge is -2.04. The Kier molecular flexibility index (Phi) is 2.39. The van der Waals surface area contributed by atoms with Crippen molar-refractivity contribution in [1.29, 1.82) is 0 Å². The maximum absolute atomic E-state index is 12.9. The Hall–Kier alpha value is -0.703. The van der Waals surface area contributed by atoms with Crippen molar-refractivity contribution in [2.75, 3.05) is 0 Å². The Labute approximate surface area is 66.5 Å². The highest BCUT2D eigenvalue weighted by Gasteiger charge is 2.10. The Morgan fingerprint density at radius 1 is 1.18 bits per heavy atom. The zero-order chi connectivity index (χ0) is 8.43. The molecule has 11 heavy (non-hydrogen) atoms. The average Bonchev–Trinajstić information content (AvgIpc) is 1.94. The molecule has 59 valence electrons. The summed E-state index contributed by atoms with van der Waals surface area (Å²) in [4.78, 5) is 0. The summed E-state index contributed by atoms with van der Waals surface area (Å²) in [6.45, 7) is 3.87. The quantitative estimate of drug-likeness (QED) is 0.566. The Bertz CT molecular complexity index is 258. The number of rotatable bonds is 1. The smallest absolute Gasteiger partial charge is 0.158 e. The van der Waals surface area contributed by atoms with E-state index in [4.69, 9.17) is 0 Å². The van der Waals surface area contributed by atoms with Crippen molar-refractivity contribution >= 4 is 14.0 Å². The molecule has 1 rings (SSSR count). The Balaban J connectivity index is 3.17. The van der Waals surface area contributed by atoms with Crippen LogP contribution in [0.4, 0.5) is 8.78 Å². The number of hydrogen-bond acceptors (Lipinski definition) is 0. The first-order valence-electron chi connectivity index (χ1n) is 3.37. The van der Waals surface area contributed by atoms with E-state index in [0.717, 1.165) is 6.07 Å². The summed E-state index contributed by atoms with van der Waals surface area (Å²) in [6.07, 6.45) is 0. The van der Waals surface area contributed by atoms with Gasteiger partial charge in [0.1, 0.15) is 0 Å². The van der Waals surface area contributed by atoms with Gasteiger partial charge >= 0.3 is 0 Å². The molecule has 0 N–H and O–H groups in total. The van der Waals surface area contributed by atoms with E-state index < -0.39 is 20.4 Å². The van der Waals surface area contributed by atoms with Crippen molar-refractivity contribution in [2.45, 2.75) is 13.1 Å². The molecule has 0 saturated heterocycles. The van der Waals surface area contributed by atoms with Gasteiger partial charge in [-0.15, -0.1) is 0 Å². The summed E-state index contributed by atoms with van der Waals surface area (Å²) < 4.78 is 25.5. The minimum absolute atomic E-state index is 0.537. The molecule has 0 spiro atoms. The maximum Gasteiger partial charge on any atom is 0.158 e. The molecule has 0 heterocycles. The van der Waals surface area contributed by atoms with Crippen LogP contribution in [0.5, 0.6) is 0 Å². The van der Waals surface area contributed by atoms with Crippen LogP contribution in [0, 0.1) is 11.6 Å². The van der Waals surface area contributed by atoms with Crippen molar-refractivity contribution in [3.05, 3.63) is 29.8 Å². The van der Waals surface area contributed by atoms with Crippen molar-refractivity contribution in [2.24, 2.45) is 0 Å². The van der Waals surface area contributed by atoms with Crippen LogP contribution in [-0.2, 0) is 0 Å². The lowest BCUT2D eigenvalue weighted by atomic mass is 10.3. The monoisotopic (exact) mass is 171 g/mol. The third kappa shape index (κ3) is 1.65. The fraction of sp³-hybridized carbons (Fsp3) is 0.250. The number of benzene rings is 1. The largest absolute Gasteiger partial charge is 0.204 e. The molecule has 0 aliphatic carbocycles. The van der Waals surface area contributed by atoms with Gasteiger partial charge in [0, 0.05) is 0 Å². The van der Waals surface area contributed by atoms with Gasteiger partial charge in [0.15, 0.2) is 11.6 Å². The number of hydrogen-bond donors (Lipinski definition) is 0. The maximum atomic E-state index is 12.9. The van der Waals surface area contributed by atoms with Crippen molar-refractivity contribution < 1.29 is 8.78 Å². The SMILES string of the molecule is C[Si](C)c1cccc(F)c1F. The van der Waals surface area contributed by atoms with E-state index >= 15 is 0 Å². The van der Waals surface area contributed by atoms with Crippen molar-refractivity contribution in [1.82, 2.24) is 0 Å². The molecule has 1 radical (unpaired) electrons. The molecule has 0 unspecified atom stereocenters. The van der Waals surface area contributed by atoms with Gasteiger partial charge in [-0.05, 0) is 11.3 Å². The fourth-order valence-electron chi connectivity index (χ4n) is 0.890. The third-order valence-electron chi connectivity index (χ3n) is 1.49. The summed E-state index contributed by atoms with van der Waals surface area (Å²) >= 11 is 0. The lowest BCUT2D eigenvalue weighted by molar-refractivity contribution is 0.514. The van der Waals surface area contributed by atoms with Crippen LogP contribution in [0.3, 0.4) is 0 Å². The third-order valence-corrected chi connectivity index (χ3v) is 2.95. The van der Waals surface area contributed by atoms with Gasteiger partial charge in [-0.2, -0.15) is 0 Å². The van der Waals surface area contributed by atoms with Crippen LogP contribution in [0.15, 0.2) is 18.2 Å². The molecule has 0 aliphatic rings. The van der Waals surface area contributed by atoms with Gasteiger partial charge < -0.3 is 0 Å². The van der Waals surface area contributed by atoms with Gasteiger partial charge in [0.25, 0.3) is 0 Å². The normalized spacial score (nSPS) is 10.6. The predicted octanol–water partition coefficient (Wildman–Crippen LogP) is 1.93. The van der Waals surface area contributed by atoms with Crippen LogP contribution in [0.25, 0.3) is 0 Å². The molecule has 0 aliphatic heterocycles. The first-order valence-corrected chi connectivity index (χ1v) is 5.87. The van der Waals surface area contributed by atoms with Crippen LogP contribution >= 0.6 is 0 Å². The van der Waals surface area contributed by atoms with Gasteiger partial charge in [-0.25, -0.2) is 8.78 Å². The van der Waals surface area contributed by atoms with E-state index in [9.17, 15) is 8.78 Å². The number of halogens is 2. The van der Waals surface area contributed by atoms with E-state index in [1.54, 1.807) is 12.1 Å². The highest BCUT2D eigenvalue weighted by molar-refractivity contribution is 6.70. The van der Waals surface area contributed by atoms with Gasteiger partial charge in [0.05, 0.1) is 8.80 Å². The average molecular weight is 171 g/mol. The van der Waals surface area contributed by atoms with Crippen molar-refractivity contribution in [3.63, 3.8) is 0 Å². The summed E-state index contributed by atoms with van der Waals surface area (Å²) in [6, 6.07) is 4.34. The summed E-state index contributed by atoms with van der Waals surface area (Å²) in [5.41, 5.74) is 0. The Morgan fingerprint density at radius 3 is 2.27 bits per heavy atom. The molecule has 0 nitrogen and oxygen atoms in total. The second-order valence-corrected chi connectivity index (χ2v) is 5.14. The topological polar surface area (TPSA) is 0 Å². The zero-order valence-corrected chi connectivity index (χ0v) is 7.49. The highest BCUT2D eigenvalue weighted by Crippen LogP contribution is 2.02. The molecule has 1 aromatic rings. The highest BCUT2D eigenvalue weighted by atomic mass is 28.3. The molecule has 3 heteroatoms. The molecule has 0 bridgehead atoms. The summed E-state index contributed by atoms with van der Waals surface area (Å²) in [5.74, 6) is -1.42. The van der Waals surface area contributed by atoms with Gasteiger partial charge in [-0.1, -0.05) is 25.2 Å². The van der Waals surface area contributed by atoms with E-state index in [2.05, 4.69) is 0 Å². The van der Waals surface area contributed by atoms with Crippen molar-refractivity contribution in [3.8, 4) is 0 Å². The molecule has 0 fully saturated rings. The summed E-state index contributed by atoms with van der Waals surface area (Å²) in [7, 11) is -0.879. The van der Waals surface area contributed by atoms with Crippen LogP contribution in [0.1, 0.15) is 0 Å². The summed E-state index contributed by atoms with van der Waals surface area (Å²) in [5, 5.41) is 0.537. The first kappa shape index (κ1) is 8.39. The van der Waals surface area contributed by atoms with E-state index in [0.29, 0.717) is 5.19 Å². The van der Waals surface area contributed by atoms with Crippen LogP contribution < -0.4 is 5.19 Å². The standard InChI is InChI=1S/C8H9F2Si/c1-11(2)7-5-3-4-6(9)8(7)10/h3-5H,1-2H3. The predicted molar refractivity (Wildman–Crippen MR) is 43.5 cm³/mol. The first-order chi connectivity index (χ1) is 5.13. The second kappa shape index (κ2) is 3.13. The molecular formula is C8H9F2Si. The van der Waals surface area contributed by atoms with E-state index in [1.807, 2.05) is 13.1 Å². The second-order valence-electron chi connectivity index (χ2n) is 2.60. The Morgan fingerprint density at radius 2 is 1.82 bits per heavy atom. The van der Waals surface area contributed by atoms with E-state index in [-0.39, 0.29) is 0 Å². The van der Waals surface area contributed by atoms with Gasteiger partial charge in [0.2, 0.25) is 0 Å². The molecule has 0 atom stereocenters. The molecular weight excluding hydrogens is 162 g/mol. The lowest BCUT2D eigenvalue weighted by Crippen LogP contribution is -2.26.